The molecule has 21 heavy (non-hydrogen) atoms. The molecular formula is C15H17N5O. The van der Waals surface area contributed by atoms with Crippen LogP contribution >= 0.6 is 0 Å². The fraction of sp³-hybridized carbons (Fsp3) is 0.267. The minimum atomic E-state index is 0.536. The van der Waals surface area contributed by atoms with Gasteiger partial charge in [-0.15, -0.1) is 10.2 Å². The summed E-state index contributed by atoms with van der Waals surface area (Å²) in [5, 5.41) is 15.7. The Morgan fingerprint density at radius 3 is 2.67 bits per heavy atom. The van der Waals surface area contributed by atoms with E-state index < -0.39 is 0 Å². The van der Waals surface area contributed by atoms with Gasteiger partial charge in [-0.3, -0.25) is 4.68 Å². The summed E-state index contributed by atoms with van der Waals surface area (Å²) in [6, 6.07) is 9.75. The zero-order valence-corrected chi connectivity index (χ0v) is 12.1. The topological polar surface area (TPSA) is 68.8 Å². The number of rotatable bonds is 5. The maximum absolute atomic E-state index is 5.64. The van der Waals surface area contributed by atoms with Crippen molar-refractivity contribution >= 4 is 0 Å². The van der Waals surface area contributed by atoms with Crippen LogP contribution in [0, 0.1) is 6.92 Å². The second-order valence-corrected chi connectivity index (χ2v) is 4.88. The van der Waals surface area contributed by atoms with Crippen LogP contribution in [-0.2, 0) is 20.1 Å². The van der Waals surface area contributed by atoms with Crippen LogP contribution in [0.3, 0.4) is 0 Å². The standard InChI is InChI=1S/C15H17N5O/c1-11-13(10-20(2)19-11)8-16-9-14-17-18-15(21-14)12-6-4-3-5-7-12/h3-7,10,16H,8-9H2,1-2H3. The molecule has 0 bridgehead atoms. The lowest BCUT2D eigenvalue weighted by molar-refractivity contribution is 0.477. The van der Waals surface area contributed by atoms with Crippen molar-refractivity contribution in [2.45, 2.75) is 20.0 Å². The fourth-order valence-corrected chi connectivity index (χ4v) is 2.15. The van der Waals surface area contributed by atoms with Crippen LogP contribution in [0.25, 0.3) is 11.5 Å². The van der Waals surface area contributed by atoms with Crippen molar-refractivity contribution in [3.8, 4) is 11.5 Å². The summed E-state index contributed by atoms with van der Waals surface area (Å²) in [6.45, 7) is 3.26. The monoisotopic (exact) mass is 283 g/mol. The number of nitrogens with zero attached hydrogens (tertiary/aromatic N) is 4. The first kappa shape index (κ1) is 13.5. The summed E-state index contributed by atoms with van der Waals surface area (Å²) < 4.78 is 7.45. The van der Waals surface area contributed by atoms with E-state index in [-0.39, 0.29) is 0 Å². The average molecular weight is 283 g/mol. The second kappa shape index (κ2) is 5.88. The SMILES string of the molecule is Cc1nn(C)cc1CNCc1nnc(-c2ccccc2)o1. The zero-order valence-electron chi connectivity index (χ0n) is 12.1. The van der Waals surface area contributed by atoms with Gasteiger partial charge in [-0.25, -0.2) is 0 Å². The van der Waals surface area contributed by atoms with E-state index in [1.54, 1.807) is 0 Å². The molecule has 2 aromatic heterocycles. The number of hydrogen-bond donors (Lipinski definition) is 1. The van der Waals surface area contributed by atoms with Crippen molar-refractivity contribution in [3.63, 3.8) is 0 Å². The number of nitrogens with one attached hydrogen (secondary N) is 1. The van der Waals surface area contributed by atoms with E-state index >= 15 is 0 Å². The highest BCUT2D eigenvalue weighted by molar-refractivity contribution is 5.51. The Labute approximate surface area is 122 Å². The largest absolute Gasteiger partial charge is 0.419 e. The van der Waals surface area contributed by atoms with Gasteiger partial charge in [0.05, 0.1) is 12.2 Å². The molecule has 0 fully saturated rings. The summed E-state index contributed by atoms with van der Waals surface area (Å²) >= 11 is 0. The third kappa shape index (κ3) is 3.17. The molecule has 0 aliphatic carbocycles. The molecule has 0 radical (unpaired) electrons. The first-order valence-electron chi connectivity index (χ1n) is 6.80. The minimum Gasteiger partial charge on any atom is -0.419 e. The molecule has 3 aromatic rings. The van der Waals surface area contributed by atoms with Crippen molar-refractivity contribution in [1.82, 2.24) is 25.3 Å². The summed E-state index contributed by atoms with van der Waals surface area (Å²) in [5.74, 6) is 1.13. The van der Waals surface area contributed by atoms with E-state index in [4.69, 9.17) is 4.42 Å². The summed E-state index contributed by atoms with van der Waals surface area (Å²) in [4.78, 5) is 0. The highest BCUT2D eigenvalue weighted by Crippen LogP contribution is 2.16. The summed E-state index contributed by atoms with van der Waals surface area (Å²) in [6.07, 6.45) is 2.01. The summed E-state index contributed by atoms with van der Waals surface area (Å²) in [7, 11) is 1.92. The highest BCUT2D eigenvalue weighted by atomic mass is 16.4. The first-order valence-corrected chi connectivity index (χ1v) is 6.80. The molecule has 0 unspecified atom stereocenters. The van der Waals surface area contributed by atoms with E-state index in [1.165, 1.54) is 5.56 Å². The van der Waals surface area contributed by atoms with E-state index in [1.807, 2.05) is 55.2 Å². The van der Waals surface area contributed by atoms with Crippen molar-refractivity contribution in [2.24, 2.45) is 7.05 Å². The molecule has 6 heteroatoms. The van der Waals surface area contributed by atoms with Crippen LogP contribution in [0.4, 0.5) is 0 Å². The maximum atomic E-state index is 5.64. The zero-order chi connectivity index (χ0) is 14.7. The van der Waals surface area contributed by atoms with Crippen LogP contribution in [0.5, 0.6) is 0 Å². The number of hydrogen-bond acceptors (Lipinski definition) is 5. The van der Waals surface area contributed by atoms with Gasteiger partial charge in [0, 0.05) is 30.9 Å². The van der Waals surface area contributed by atoms with Crippen LogP contribution in [0.1, 0.15) is 17.1 Å². The lowest BCUT2D eigenvalue weighted by atomic mass is 10.2. The van der Waals surface area contributed by atoms with Gasteiger partial charge < -0.3 is 9.73 Å². The third-order valence-electron chi connectivity index (χ3n) is 3.19. The molecule has 2 heterocycles. The molecule has 0 amide bonds. The molecule has 0 atom stereocenters. The van der Waals surface area contributed by atoms with Gasteiger partial charge >= 0.3 is 0 Å². The molecule has 6 nitrogen and oxygen atoms in total. The van der Waals surface area contributed by atoms with Crippen molar-refractivity contribution < 1.29 is 4.42 Å². The second-order valence-electron chi connectivity index (χ2n) is 4.88. The van der Waals surface area contributed by atoms with Crippen LogP contribution in [0.15, 0.2) is 40.9 Å². The summed E-state index contributed by atoms with van der Waals surface area (Å²) in [5.41, 5.74) is 3.13. The van der Waals surface area contributed by atoms with Crippen molar-refractivity contribution in [3.05, 3.63) is 53.7 Å². The lowest BCUT2D eigenvalue weighted by Crippen LogP contribution is -2.13. The molecule has 0 saturated heterocycles. The van der Waals surface area contributed by atoms with Gasteiger partial charge in [-0.05, 0) is 19.1 Å². The number of benzene rings is 1. The van der Waals surface area contributed by atoms with E-state index in [0.717, 1.165) is 17.8 Å². The fourth-order valence-electron chi connectivity index (χ4n) is 2.15. The first-order chi connectivity index (χ1) is 10.2. The predicted octanol–water partition coefficient (Wildman–Crippen LogP) is 2.07. The van der Waals surface area contributed by atoms with Crippen molar-refractivity contribution in [1.29, 1.82) is 0 Å². The van der Waals surface area contributed by atoms with Gasteiger partial charge in [-0.1, -0.05) is 18.2 Å². The van der Waals surface area contributed by atoms with Gasteiger partial charge in [-0.2, -0.15) is 5.10 Å². The third-order valence-corrected chi connectivity index (χ3v) is 3.19. The van der Waals surface area contributed by atoms with Crippen LogP contribution < -0.4 is 5.32 Å². The Kier molecular flexibility index (Phi) is 3.79. The normalized spacial score (nSPS) is 11.0. The molecule has 0 aliphatic rings. The molecule has 0 aliphatic heterocycles. The molecule has 108 valence electrons. The Hall–Kier alpha value is -2.47. The molecule has 1 N–H and O–H groups in total. The van der Waals surface area contributed by atoms with Gasteiger partial charge in [0.15, 0.2) is 0 Å². The molecule has 3 rings (SSSR count). The van der Waals surface area contributed by atoms with Gasteiger partial charge in [0.1, 0.15) is 0 Å². The molecule has 1 aromatic carbocycles. The average Bonchev–Trinajstić information content (AvgIpc) is 3.07. The van der Waals surface area contributed by atoms with E-state index in [9.17, 15) is 0 Å². The van der Waals surface area contributed by atoms with Crippen molar-refractivity contribution in [2.75, 3.05) is 0 Å². The number of aryl methyl sites for hydroxylation is 2. The molecule has 0 spiro atoms. The quantitative estimate of drug-likeness (QED) is 0.776. The smallest absolute Gasteiger partial charge is 0.247 e. The van der Waals surface area contributed by atoms with Gasteiger partial charge in [0.2, 0.25) is 11.8 Å². The lowest BCUT2D eigenvalue weighted by Gasteiger charge is -1.99. The Balaban J connectivity index is 1.59. The molecular weight excluding hydrogens is 266 g/mol. The molecule has 0 saturated carbocycles. The Morgan fingerprint density at radius 1 is 1.14 bits per heavy atom. The van der Waals surface area contributed by atoms with Crippen LogP contribution in [-0.4, -0.2) is 20.0 Å². The Morgan fingerprint density at radius 2 is 1.95 bits per heavy atom. The van der Waals surface area contributed by atoms with E-state index in [0.29, 0.717) is 18.3 Å². The highest BCUT2D eigenvalue weighted by Gasteiger charge is 2.08. The minimum absolute atomic E-state index is 0.536. The predicted molar refractivity (Wildman–Crippen MR) is 78.2 cm³/mol. The number of aromatic nitrogens is 4. The maximum Gasteiger partial charge on any atom is 0.247 e. The van der Waals surface area contributed by atoms with Gasteiger partial charge in [0.25, 0.3) is 0 Å². The van der Waals surface area contributed by atoms with Crippen LogP contribution in [0.2, 0.25) is 0 Å². The Bertz CT molecular complexity index is 717. The van der Waals surface area contributed by atoms with E-state index in [2.05, 4.69) is 20.6 Å².